The Morgan fingerprint density at radius 1 is 1.55 bits per heavy atom. The molecule has 1 unspecified atom stereocenters. The maximum Gasteiger partial charge on any atom is 0.212 e. The summed E-state index contributed by atoms with van der Waals surface area (Å²) in [6.45, 7) is 8.04. The summed E-state index contributed by atoms with van der Waals surface area (Å²) >= 11 is 1.41. The van der Waals surface area contributed by atoms with Gasteiger partial charge in [-0.1, -0.05) is 31.2 Å². The molecular formula is C9H16OS. The van der Waals surface area contributed by atoms with E-state index in [4.69, 9.17) is 0 Å². The molecule has 0 aromatic carbocycles. The highest BCUT2D eigenvalue weighted by Crippen LogP contribution is 2.15. The zero-order valence-corrected chi connectivity index (χ0v) is 8.49. The van der Waals surface area contributed by atoms with Crippen molar-refractivity contribution >= 4 is 16.9 Å². The van der Waals surface area contributed by atoms with Crippen molar-refractivity contribution in [2.45, 2.75) is 39.4 Å². The van der Waals surface area contributed by atoms with Crippen LogP contribution in [0.15, 0.2) is 11.6 Å². The molecule has 0 aliphatic rings. The van der Waals surface area contributed by atoms with E-state index < -0.39 is 0 Å². The Hall–Kier alpha value is -0.240. The van der Waals surface area contributed by atoms with E-state index in [1.807, 2.05) is 13.8 Å². The molecule has 0 aromatic heterocycles. The number of hydrogen-bond donors (Lipinski definition) is 0. The van der Waals surface area contributed by atoms with E-state index in [1.54, 1.807) is 6.08 Å². The Morgan fingerprint density at radius 3 is 2.45 bits per heavy atom. The van der Waals surface area contributed by atoms with Gasteiger partial charge in [0.1, 0.15) is 0 Å². The van der Waals surface area contributed by atoms with Gasteiger partial charge in [0.25, 0.3) is 0 Å². The maximum atomic E-state index is 11.1. The Bertz CT molecular complexity index is 157. The monoisotopic (exact) mass is 172 g/mol. The Labute approximate surface area is 73.3 Å². The highest BCUT2D eigenvalue weighted by molar-refractivity contribution is 8.14. The molecule has 0 aliphatic heterocycles. The largest absolute Gasteiger partial charge is 0.282 e. The summed E-state index contributed by atoms with van der Waals surface area (Å²) in [5.41, 5.74) is 1.07. The van der Waals surface area contributed by atoms with Crippen LogP contribution in [0.25, 0.3) is 0 Å². The molecule has 0 aliphatic carbocycles. The van der Waals surface area contributed by atoms with E-state index in [9.17, 15) is 4.79 Å². The molecular weight excluding hydrogens is 156 g/mol. The number of carbonyl (C=O) groups excluding carboxylic acids is 1. The summed E-state index contributed by atoms with van der Waals surface area (Å²) in [6, 6.07) is 0. The van der Waals surface area contributed by atoms with Crippen LogP contribution in [0.2, 0.25) is 0 Å². The summed E-state index contributed by atoms with van der Waals surface area (Å²) in [4.78, 5) is 11.1. The minimum absolute atomic E-state index is 0.180. The zero-order chi connectivity index (χ0) is 8.85. The van der Waals surface area contributed by atoms with Gasteiger partial charge >= 0.3 is 0 Å². The fourth-order valence-corrected chi connectivity index (χ4v) is 1.42. The predicted octanol–water partition coefficient (Wildman–Crippen LogP) is 3.01. The van der Waals surface area contributed by atoms with E-state index >= 15 is 0 Å². The number of rotatable bonds is 3. The highest BCUT2D eigenvalue weighted by Gasteiger charge is 2.04. The second kappa shape index (κ2) is 5.42. The number of allylic oxidation sites excluding steroid dienone is 1. The van der Waals surface area contributed by atoms with Crippen LogP contribution in [0.4, 0.5) is 0 Å². The zero-order valence-electron chi connectivity index (χ0n) is 7.68. The van der Waals surface area contributed by atoms with Crippen molar-refractivity contribution in [2.24, 2.45) is 0 Å². The summed E-state index contributed by atoms with van der Waals surface area (Å²) in [5, 5.41) is 0.623. The van der Waals surface area contributed by atoms with E-state index in [0.717, 1.165) is 12.0 Å². The molecule has 0 rings (SSSR count). The third kappa shape index (κ3) is 6.17. The van der Waals surface area contributed by atoms with Gasteiger partial charge in [0.2, 0.25) is 5.12 Å². The molecule has 11 heavy (non-hydrogen) atoms. The van der Waals surface area contributed by atoms with Crippen LogP contribution in [0.3, 0.4) is 0 Å². The molecule has 0 heterocycles. The minimum atomic E-state index is 0.180. The first-order chi connectivity index (χ1) is 5.06. The van der Waals surface area contributed by atoms with E-state index in [2.05, 4.69) is 13.8 Å². The topological polar surface area (TPSA) is 17.1 Å². The SMILES string of the molecule is CCC(C)SC(=O)C=C(C)C. The smallest absolute Gasteiger partial charge is 0.212 e. The molecule has 0 spiro atoms. The van der Waals surface area contributed by atoms with Crippen LogP contribution in [-0.2, 0) is 4.79 Å². The number of hydrogen-bond acceptors (Lipinski definition) is 2. The molecule has 2 heteroatoms. The maximum absolute atomic E-state index is 11.1. The summed E-state index contributed by atoms with van der Waals surface area (Å²) < 4.78 is 0. The Balaban J connectivity index is 3.79. The van der Waals surface area contributed by atoms with E-state index in [0.29, 0.717) is 5.25 Å². The molecule has 1 nitrogen and oxygen atoms in total. The van der Waals surface area contributed by atoms with Gasteiger partial charge in [0.15, 0.2) is 0 Å². The number of carbonyl (C=O) groups is 1. The summed E-state index contributed by atoms with van der Waals surface area (Å²) in [5.74, 6) is 0. The van der Waals surface area contributed by atoms with Gasteiger partial charge in [-0.15, -0.1) is 0 Å². The number of thioether (sulfide) groups is 1. The third-order valence-corrected chi connectivity index (χ3v) is 2.38. The van der Waals surface area contributed by atoms with Crippen LogP contribution in [0, 0.1) is 0 Å². The van der Waals surface area contributed by atoms with Gasteiger partial charge < -0.3 is 0 Å². The molecule has 1 atom stereocenters. The molecule has 0 radical (unpaired) electrons. The first kappa shape index (κ1) is 10.8. The second-order valence-corrected chi connectivity index (χ2v) is 4.32. The van der Waals surface area contributed by atoms with Crippen LogP contribution >= 0.6 is 11.8 Å². The molecule has 0 N–H and O–H groups in total. The Kier molecular flexibility index (Phi) is 5.30. The van der Waals surface area contributed by atoms with Gasteiger partial charge in [-0.2, -0.15) is 0 Å². The molecule has 0 aromatic rings. The summed E-state index contributed by atoms with van der Waals surface area (Å²) in [7, 11) is 0. The van der Waals surface area contributed by atoms with Crippen molar-refractivity contribution in [3.8, 4) is 0 Å². The van der Waals surface area contributed by atoms with Crippen molar-refractivity contribution in [3.05, 3.63) is 11.6 Å². The van der Waals surface area contributed by atoms with E-state index in [1.165, 1.54) is 11.8 Å². The standard InChI is InChI=1S/C9H16OS/c1-5-8(4)11-9(10)6-7(2)3/h6,8H,5H2,1-4H3. The fourth-order valence-electron chi connectivity index (χ4n) is 0.551. The van der Waals surface area contributed by atoms with Crippen LogP contribution < -0.4 is 0 Å². The first-order valence-corrected chi connectivity index (χ1v) is 4.79. The van der Waals surface area contributed by atoms with Gasteiger partial charge in [0.05, 0.1) is 0 Å². The van der Waals surface area contributed by atoms with Crippen LogP contribution in [0.1, 0.15) is 34.1 Å². The van der Waals surface area contributed by atoms with Crippen LogP contribution in [0.5, 0.6) is 0 Å². The van der Waals surface area contributed by atoms with Crippen molar-refractivity contribution in [2.75, 3.05) is 0 Å². The van der Waals surface area contributed by atoms with Crippen molar-refractivity contribution in [1.29, 1.82) is 0 Å². The second-order valence-electron chi connectivity index (χ2n) is 2.88. The fraction of sp³-hybridized carbons (Fsp3) is 0.667. The highest BCUT2D eigenvalue weighted by atomic mass is 32.2. The lowest BCUT2D eigenvalue weighted by Crippen LogP contribution is -1.98. The Morgan fingerprint density at radius 2 is 2.09 bits per heavy atom. The first-order valence-electron chi connectivity index (χ1n) is 3.91. The normalized spacial score (nSPS) is 12.4. The lowest BCUT2D eigenvalue weighted by Gasteiger charge is -2.03. The lowest BCUT2D eigenvalue weighted by molar-refractivity contribution is -0.107. The molecule has 0 bridgehead atoms. The third-order valence-electron chi connectivity index (χ3n) is 1.30. The van der Waals surface area contributed by atoms with Crippen molar-refractivity contribution in [1.82, 2.24) is 0 Å². The van der Waals surface area contributed by atoms with Crippen molar-refractivity contribution in [3.63, 3.8) is 0 Å². The van der Waals surface area contributed by atoms with Crippen LogP contribution in [-0.4, -0.2) is 10.4 Å². The quantitative estimate of drug-likeness (QED) is 0.609. The van der Waals surface area contributed by atoms with Gasteiger partial charge in [0, 0.05) is 5.25 Å². The minimum Gasteiger partial charge on any atom is -0.282 e. The average molecular weight is 172 g/mol. The average Bonchev–Trinajstić information content (AvgIpc) is 1.85. The molecule has 0 amide bonds. The lowest BCUT2D eigenvalue weighted by atomic mass is 10.3. The summed E-state index contributed by atoms with van der Waals surface area (Å²) in [6.07, 6.45) is 2.74. The molecule has 0 saturated heterocycles. The molecule has 64 valence electrons. The predicted molar refractivity (Wildman–Crippen MR) is 51.8 cm³/mol. The van der Waals surface area contributed by atoms with Gasteiger partial charge in [-0.05, 0) is 26.3 Å². The van der Waals surface area contributed by atoms with Gasteiger partial charge in [-0.3, -0.25) is 4.79 Å². The van der Waals surface area contributed by atoms with Gasteiger partial charge in [-0.25, -0.2) is 0 Å². The van der Waals surface area contributed by atoms with E-state index in [-0.39, 0.29) is 5.12 Å². The molecule has 0 fully saturated rings. The van der Waals surface area contributed by atoms with Crippen molar-refractivity contribution < 1.29 is 4.79 Å². The molecule has 0 saturated carbocycles.